The molecule has 3 rings (SSSR count). The fraction of sp³-hybridized carbons (Fsp3) is 0.235. The molecular weight excluding hydrogens is 324 g/mol. The Labute approximate surface area is 144 Å². The van der Waals surface area contributed by atoms with Crippen LogP contribution in [-0.4, -0.2) is 29.9 Å². The number of carbonyl (C=O) groups excluding carboxylic acids is 1. The van der Waals surface area contributed by atoms with Crippen LogP contribution in [0.15, 0.2) is 51.6 Å². The largest absolute Gasteiger partial charge is 0.467 e. The molecule has 0 aliphatic rings. The van der Waals surface area contributed by atoms with E-state index in [9.17, 15) is 4.79 Å². The number of nitrogens with zero attached hydrogens (tertiary/aromatic N) is 2. The molecule has 0 radical (unpaired) electrons. The lowest BCUT2D eigenvalue weighted by Gasteiger charge is -2.17. The molecule has 0 saturated carbocycles. The highest BCUT2D eigenvalue weighted by molar-refractivity contribution is 5.93. The number of aryl methyl sites for hydroxylation is 1. The summed E-state index contributed by atoms with van der Waals surface area (Å²) in [6.45, 7) is 1.99. The van der Waals surface area contributed by atoms with Gasteiger partial charge in [0.15, 0.2) is 0 Å². The molecule has 0 aliphatic carbocycles. The van der Waals surface area contributed by atoms with Gasteiger partial charge in [-0.25, -0.2) is 4.79 Å². The monoisotopic (exact) mass is 342 g/mol. The van der Waals surface area contributed by atoms with Crippen molar-refractivity contribution in [2.45, 2.75) is 13.0 Å². The average Bonchev–Trinajstić information content (AvgIpc) is 3.26. The Morgan fingerprint density at radius 3 is 2.80 bits per heavy atom. The van der Waals surface area contributed by atoms with E-state index in [0.717, 1.165) is 0 Å². The van der Waals surface area contributed by atoms with Crippen LogP contribution in [0.5, 0.6) is 0 Å². The summed E-state index contributed by atoms with van der Waals surface area (Å²) < 4.78 is 15.5. The second kappa shape index (κ2) is 7.63. The van der Waals surface area contributed by atoms with E-state index in [1.807, 2.05) is 12.1 Å². The minimum atomic E-state index is -0.403. The van der Waals surface area contributed by atoms with Crippen LogP contribution in [0.2, 0.25) is 0 Å². The molecule has 0 saturated heterocycles. The third-order valence-electron chi connectivity index (χ3n) is 3.47. The van der Waals surface area contributed by atoms with Crippen molar-refractivity contribution < 1.29 is 18.5 Å². The summed E-state index contributed by atoms with van der Waals surface area (Å²) in [6.07, 6.45) is 1.55. The molecule has 130 valence electrons. The van der Waals surface area contributed by atoms with E-state index in [4.69, 9.17) is 13.7 Å². The molecule has 25 heavy (non-hydrogen) atoms. The minimum Gasteiger partial charge on any atom is -0.467 e. The number of hydrogen-bond donors (Lipinski definition) is 2. The van der Waals surface area contributed by atoms with Crippen molar-refractivity contribution in [1.29, 1.82) is 0 Å². The molecule has 0 aliphatic heterocycles. The Kier molecular flexibility index (Phi) is 5.10. The van der Waals surface area contributed by atoms with Crippen molar-refractivity contribution in [1.82, 2.24) is 15.5 Å². The van der Waals surface area contributed by atoms with Gasteiger partial charge in [0.25, 0.3) is 0 Å². The summed E-state index contributed by atoms with van der Waals surface area (Å²) in [5.74, 6) is 1.47. The van der Waals surface area contributed by atoms with Crippen molar-refractivity contribution in [2.75, 3.05) is 19.0 Å². The first-order valence-corrected chi connectivity index (χ1v) is 7.67. The molecule has 3 aromatic rings. The first-order chi connectivity index (χ1) is 12.2. The standard InChI is InChI=1S/C17H18N4O4/c1-11-18-16(21-25-11)12-6-3-4-7-13(12)19-17(22)20-14(10-23-2)15-8-5-9-24-15/h3-9,14H,10H2,1-2H3,(H2,19,20,22)/t14-/m1/s1. The summed E-state index contributed by atoms with van der Waals surface area (Å²) in [7, 11) is 1.56. The fourth-order valence-electron chi connectivity index (χ4n) is 2.36. The quantitative estimate of drug-likeness (QED) is 0.713. The minimum absolute atomic E-state index is 0.284. The molecule has 1 aromatic carbocycles. The van der Waals surface area contributed by atoms with Crippen LogP contribution < -0.4 is 10.6 Å². The van der Waals surface area contributed by atoms with Gasteiger partial charge in [0.2, 0.25) is 11.7 Å². The summed E-state index contributed by atoms with van der Waals surface area (Å²) in [5.41, 5.74) is 1.23. The topological polar surface area (TPSA) is 102 Å². The predicted molar refractivity (Wildman–Crippen MR) is 90.0 cm³/mol. The molecule has 0 bridgehead atoms. The SMILES string of the molecule is COC[C@@H](NC(=O)Nc1ccccc1-c1noc(C)n1)c1ccco1. The molecule has 2 amide bonds. The number of anilines is 1. The van der Waals surface area contributed by atoms with E-state index in [2.05, 4.69) is 20.8 Å². The van der Waals surface area contributed by atoms with Gasteiger partial charge in [-0.05, 0) is 24.3 Å². The number of benzene rings is 1. The van der Waals surface area contributed by atoms with E-state index in [0.29, 0.717) is 28.7 Å². The summed E-state index contributed by atoms with van der Waals surface area (Å²) >= 11 is 0. The van der Waals surface area contributed by atoms with Crippen molar-refractivity contribution >= 4 is 11.7 Å². The average molecular weight is 342 g/mol. The number of furan rings is 1. The summed E-state index contributed by atoms with van der Waals surface area (Å²) in [6, 6.07) is 9.95. The molecule has 0 unspecified atom stereocenters. The van der Waals surface area contributed by atoms with Crippen LogP contribution in [0.3, 0.4) is 0 Å². The van der Waals surface area contributed by atoms with Crippen molar-refractivity contribution in [3.63, 3.8) is 0 Å². The Morgan fingerprint density at radius 2 is 2.12 bits per heavy atom. The molecular formula is C17H18N4O4. The van der Waals surface area contributed by atoms with Gasteiger partial charge >= 0.3 is 6.03 Å². The second-order valence-corrected chi connectivity index (χ2v) is 5.30. The van der Waals surface area contributed by atoms with Crippen LogP contribution in [0.1, 0.15) is 17.7 Å². The number of nitrogens with one attached hydrogen (secondary N) is 2. The lowest BCUT2D eigenvalue weighted by atomic mass is 10.1. The first kappa shape index (κ1) is 16.7. The lowest BCUT2D eigenvalue weighted by Crippen LogP contribution is -2.34. The molecule has 0 fully saturated rings. The number of aromatic nitrogens is 2. The van der Waals surface area contributed by atoms with Gasteiger partial charge in [0, 0.05) is 19.6 Å². The Hall–Kier alpha value is -3.13. The number of amides is 2. The number of methoxy groups -OCH3 is 1. The molecule has 8 heteroatoms. The second-order valence-electron chi connectivity index (χ2n) is 5.30. The van der Waals surface area contributed by atoms with Gasteiger partial charge in [-0.2, -0.15) is 4.98 Å². The highest BCUT2D eigenvalue weighted by Gasteiger charge is 2.18. The molecule has 2 aromatic heterocycles. The lowest BCUT2D eigenvalue weighted by molar-refractivity contribution is 0.159. The maximum atomic E-state index is 12.4. The number of hydrogen-bond acceptors (Lipinski definition) is 6. The zero-order chi connectivity index (χ0) is 17.6. The van der Waals surface area contributed by atoms with E-state index in [1.54, 1.807) is 44.6 Å². The molecule has 2 N–H and O–H groups in total. The zero-order valence-electron chi connectivity index (χ0n) is 13.9. The van der Waals surface area contributed by atoms with Gasteiger partial charge in [-0.15, -0.1) is 0 Å². The van der Waals surface area contributed by atoms with E-state index in [-0.39, 0.29) is 6.61 Å². The number of rotatable bonds is 6. The zero-order valence-corrected chi connectivity index (χ0v) is 13.9. The smallest absolute Gasteiger partial charge is 0.319 e. The Morgan fingerprint density at radius 1 is 1.28 bits per heavy atom. The maximum absolute atomic E-state index is 12.4. The maximum Gasteiger partial charge on any atom is 0.319 e. The third kappa shape index (κ3) is 4.04. The van der Waals surface area contributed by atoms with Crippen molar-refractivity contribution in [3.8, 4) is 11.4 Å². The van der Waals surface area contributed by atoms with Crippen LogP contribution in [-0.2, 0) is 4.74 Å². The van der Waals surface area contributed by atoms with E-state index < -0.39 is 12.1 Å². The first-order valence-electron chi connectivity index (χ1n) is 7.67. The number of urea groups is 1. The van der Waals surface area contributed by atoms with Crippen LogP contribution in [0.25, 0.3) is 11.4 Å². The predicted octanol–water partition coefficient (Wildman–Crippen LogP) is 3.15. The van der Waals surface area contributed by atoms with Crippen LogP contribution in [0.4, 0.5) is 10.5 Å². The molecule has 1 atom stereocenters. The van der Waals surface area contributed by atoms with Gasteiger partial charge < -0.3 is 24.3 Å². The molecule has 0 spiro atoms. The fourth-order valence-corrected chi connectivity index (χ4v) is 2.36. The van der Waals surface area contributed by atoms with Gasteiger partial charge in [-0.1, -0.05) is 17.3 Å². The summed E-state index contributed by atoms with van der Waals surface area (Å²) in [4.78, 5) is 16.6. The highest BCUT2D eigenvalue weighted by Crippen LogP contribution is 2.25. The molecule has 2 heterocycles. The number of carbonyl (C=O) groups is 1. The van der Waals surface area contributed by atoms with Crippen LogP contribution in [0, 0.1) is 6.92 Å². The van der Waals surface area contributed by atoms with E-state index >= 15 is 0 Å². The highest BCUT2D eigenvalue weighted by atomic mass is 16.5. The van der Waals surface area contributed by atoms with Gasteiger partial charge in [-0.3, -0.25) is 0 Å². The summed E-state index contributed by atoms with van der Waals surface area (Å²) in [5, 5.41) is 9.51. The molecule has 8 nitrogen and oxygen atoms in total. The Balaban J connectivity index is 1.75. The number of para-hydroxylation sites is 1. The van der Waals surface area contributed by atoms with E-state index in [1.165, 1.54) is 0 Å². The van der Waals surface area contributed by atoms with Crippen molar-refractivity contribution in [3.05, 3.63) is 54.3 Å². The third-order valence-corrected chi connectivity index (χ3v) is 3.47. The van der Waals surface area contributed by atoms with Gasteiger partial charge in [0.05, 0.1) is 18.6 Å². The number of ether oxygens (including phenoxy) is 1. The normalized spacial score (nSPS) is 11.9. The Bertz CT molecular complexity index is 829. The van der Waals surface area contributed by atoms with Crippen LogP contribution >= 0.6 is 0 Å². The van der Waals surface area contributed by atoms with Gasteiger partial charge in [0.1, 0.15) is 11.8 Å². The van der Waals surface area contributed by atoms with Crippen molar-refractivity contribution in [2.24, 2.45) is 0 Å².